The molecule has 0 spiro atoms. The average molecular weight is 370 g/mol. The largest absolute Gasteiger partial charge is 0.332 e. The van der Waals surface area contributed by atoms with Crippen molar-refractivity contribution in [3.05, 3.63) is 5.01 Å². The van der Waals surface area contributed by atoms with Gasteiger partial charge < -0.3 is 16.0 Å². The summed E-state index contributed by atoms with van der Waals surface area (Å²) >= 11 is 3.34. The van der Waals surface area contributed by atoms with Crippen molar-refractivity contribution >= 4 is 40.2 Å². The lowest BCUT2D eigenvalue weighted by atomic mass is 10.0. The van der Waals surface area contributed by atoms with Gasteiger partial charge in [-0.05, 0) is 12.8 Å². The molecule has 1 aromatic heterocycles. The predicted molar refractivity (Wildman–Crippen MR) is 96.6 cm³/mol. The molecule has 132 valence electrons. The molecule has 2 aliphatic heterocycles. The van der Waals surface area contributed by atoms with Crippen molar-refractivity contribution in [3.8, 4) is 0 Å². The molecule has 9 heteroatoms. The second-order valence-corrected chi connectivity index (χ2v) is 8.80. The van der Waals surface area contributed by atoms with Gasteiger partial charge in [0.15, 0.2) is 0 Å². The smallest absolute Gasteiger partial charge is 0.315 e. The van der Waals surface area contributed by atoms with Gasteiger partial charge in [0.25, 0.3) is 0 Å². The third kappa shape index (κ3) is 4.18. The normalized spacial score (nSPS) is 25.5. The Morgan fingerprint density at radius 1 is 1.33 bits per heavy atom. The maximum atomic E-state index is 12.0. The number of fused-ring (bicyclic) bond motifs is 1. The molecule has 1 aromatic rings. The van der Waals surface area contributed by atoms with Crippen molar-refractivity contribution in [3.63, 3.8) is 0 Å². The summed E-state index contributed by atoms with van der Waals surface area (Å²) < 4.78 is 0. The van der Waals surface area contributed by atoms with E-state index in [0.29, 0.717) is 22.7 Å². The number of rotatable bonds is 7. The summed E-state index contributed by atoms with van der Waals surface area (Å²) in [5, 5.41) is 18.8. The second-order valence-electron chi connectivity index (χ2n) is 6.52. The molecule has 2 aliphatic rings. The molecule has 24 heavy (non-hydrogen) atoms. The number of aromatic nitrogens is 2. The first kappa shape index (κ1) is 17.5. The molecule has 3 amide bonds. The Balaban J connectivity index is 1.34. The van der Waals surface area contributed by atoms with Crippen LogP contribution in [0.15, 0.2) is 0 Å². The van der Waals surface area contributed by atoms with Gasteiger partial charge in [0.05, 0.1) is 12.1 Å². The fourth-order valence-corrected chi connectivity index (χ4v) is 5.28. The number of thioether (sulfide) groups is 1. The van der Waals surface area contributed by atoms with Crippen LogP contribution in [0.4, 0.5) is 9.93 Å². The second kappa shape index (κ2) is 7.69. The SMILES string of the molecule is CC(C)c1nnc(NC(=O)CCCC[C@@H]2SC[C@H]3NC(=O)N[C@@H]23)s1. The quantitative estimate of drug-likeness (QED) is 0.506. The molecule has 0 aliphatic carbocycles. The summed E-state index contributed by atoms with van der Waals surface area (Å²) in [4.78, 5) is 23.3. The maximum absolute atomic E-state index is 12.0. The van der Waals surface area contributed by atoms with E-state index >= 15 is 0 Å². The molecule has 0 saturated carbocycles. The Morgan fingerprint density at radius 3 is 2.92 bits per heavy atom. The standard InChI is InChI=1S/C15H23N5O2S2/c1-8(2)13-19-20-15(24-13)17-11(21)6-4-3-5-10-12-9(7-23-10)16-14(22)18-12/h8-10,12H,3-7H2,1-2H3,(H2,16,18,22)(H,17,20,21)/t9-,10+,12-/m1/s1. The molecular formula is C15H23N5O2S2. The molecule has 3 N–H and O–H groups in total. The third-order valence-corrected chi connectivity index (χ3v) is 6.91. The van der Waals surface area contributed by atoms with E-state index in [0.717, 1.165) is 30.0 Å². The van der Waals surface area contributed by atoms with Gasteiger partial charge in [-0.2, -0.15) is 11.8 Å². The molecule has 3 rings (SSSR count). The van der Waals surface area contributed by atoms with Crippen LogP contribution in [0.5, 0.6) is 0 Å². The van der Waals surface area contributed by atoms with Crippen LogP contribution in [0.1, 0.15) is 50.5 Å². The van der Waals surface area contributed by atoms with E-state index in [1.54, 1.807) is 0 Å². The number of carbonyl (C=O) groups excluding carboxylic acids is 2. The van der Waals surface area contributed by atoms with Crippen molar-refractivity contribution in [1.82, 2.24) is 20.8 Å². The number of carbonyl (C=O) groups is 2. The first-order valence-corrected chi connectivity index (χ1v) is 10.2. The van der Waals surface area contributed by atoms with Gasteiger partial charge in [0, 0.05) is 23.3 Å². The lowest BCUT2D eigenvalue weighted by Crippen LogP contribution is -2.36. The summed E-state index contributed by atoms with van der Waals surface area (Å²) in [5.41, 5.74) is 0. The Hall–Kier alpha value is -1.35. The van der Waals surface area contributed by atoms with E-state index in [-0.39, 0.29) is 24.0 Å². The van der Waals surface area contributed by atoms with Crippen LogP contribution in [-0.4, -0.2) is 45.2 Å². The minimum atomic E-state index is -0.0486. The molecule has 0 aromatic carbocycles. The van der Waals surface area contributed by atoms with Crippen molar-refractivity contribution in [2.75, 3.05) is 11.1 Å². The molecule has 0 bridgehead atoms. The fraction of sp³-hybridized carbons (Fsp3) is 0.733. The van der Waals surface area contributed by atoms with Gasteiger partial charge in [-0.1, -0.05) is 31.6 Å². The molecule has 2 fully saturated rings. The lowest BCUT2D eigenvalue weighted by molar-refractivity contribution is -0.116. The van der Waals surface area contributed by atoms with Gasteiger partial charge >= 0.3 is 6.03 Å². The summed E-state index contributed by atoms with van der Waals surface area (Å²) in [6.45, 7) is 4.11. The summed E-state index contributed by atoms with van der Waals surface area (Å²) in [6.07, 6.45) is 3.35. The average Bonchev–Trinajstić information content (AvgIpc) is 3.20. The molecule has 3 heterocycles. The number of amides is 3. The molecule has 0 unspecified atom stereocenters. The number of hydrogen-bond donors (Lipinski definition) is 3. The molecule has 3 atom stereocenters. The minimum Gasteiger partial charge on any atom is -0.332 e. The maximum Gasteiger partial charge on any atom is 0.315 e. The number of hydrogen-bond acceptors (Lipinski definition) is 6. The molecule has 0 radical (unpaired) electrons. The van der Waals surface area contributed by atoms with Crippen molar-refractivity contribution < 1.29 is 9.59 Å². The highest BCUT2D eigenvalue weighted by Gasteiger charge is 2.42. The minimum absolute atomic E-state index is 0.00533. The zero-order chi connectivity index (χ0) is 17.1. The topological polar surface area (TPSA) is 96.0 Å². The highest BCUT2D eigenvalue weighted by Crippen LogP contribution is 2.33. The van der Waals surface area contributed by atoms with Crippen molar-refractivity contribution in [2.24, 2.45) is 0 Å². The van der Waals surface area contributed by atoms with E-state index in [4.69, 9.17) is 0 Å². The predicted octanol–water partition coefficient (Wildman–Crippen LogP) is 2.33. The van der Waals surface area contributed by atoms with Crippen LogP contribution in [0.2, 0.25) is 0 Å². The Labute approximate surface area is 149 Å². The van der Waals surface area contributed by atoms with Crippen LogP contribution in [-0.2, 0) is 4.79 Å². The van der Waals surface area contributed by atoms with Crippen molar-refractivity contribution in [1.29, 1.82) is 0 Å². The first-order chi connectivity index (χ1) is 11.5. The summed E-state index contributed by atoms with van der Waals surface area (Å²) in [6, 6.07) is 0.461. The van der Waals surface area contributed by atoms with Crippen molar-refractivity contribution in [2.45, 2.75) is 62.8 Å². The van der Waals surface area contributed by atoms with Crippen LogP contribution in [0.25, 0.3) is 0 Å². The van der Waals surface area contributed by atoms with E-state index in [1.165, 1.54) is 11.3 Å². The third-order valence-electron chi connectivity index (χ3n) is 4.26. The monoisotopic (exact) mass is 369 g/mol. The van der Waals surface area contributed by atoms with E-state index in [9.17, 15) is 9.59 Å². The number of urea groups is 1. The number of unbranched alkanes of at least 4 members (excludes halogenated alkanes) is 1. The molecular weight excluding hydrogens is 346 g/mol. The highest BCUT2D eigenvalue weighted by atomic mass is 32.2. The lowest BCUT2D eigenvalue weighted by Gasteiger charge is -2.16. The van der Waals surface area contributed by atoms with Gasteiger partial charge in [0.1, 0.15) is 5.01 Å². The van der Waals surface area contributed by atoms with Gasteiger partial charge in [-0.3, -0.25) is 4.79 Å². The summed E-state index contributed by atoms with van der Waals surface area (Å²) in [5.74, 6) is 1.30. The van der Waals surface area contributed by atoms with Crippen LogP contribution in [0, 0.1) is 0 Å². The van der Waals surface area contributed by atoms with Gasteiger partial charge in [-0.15, -0.1) is 10.2 Å². The van der Waals surface area contributed by atoms with E-state index in [1.807, 2.05) is 11.8 Å². The number of anilines is 1. The molecule has 7 nitrogen and oxygen atoms in total. The van der Waals surface area contributed by atoms with Gasteiger partial charge in [-0.25, -0.2) is 4.79 Å². The first-order valence-electron chi connectivity index (χ1n) is 8.35. The Kier molecular flexibility index (Phi) is 5.60. The van der Waals surface area contributed by atoms with Crippen LogP contribution < -0.4 is 16.0 Å². The number of nitrogens with zero attached hydrogens (tertiary/aromatic N) is 2. The van der Waals surface area contributed by atoms with E-state index < -0.39 is 0 Å². The zero-order valence-electron chi connectivity index (χ0n) is 13.9. The van der Waals surface area contributed by atoms with Crippen LogP contribution >= 0.6 is 23.1 Å². The Morgan fingerprint density at radius 2 is 2.17 bits per heavy atom. The fourth-order valence-electron chi connectivity index (χ4n) is 2.97. The van der Waals surface area contributed by atoms with E-state index in [2.05, 4.69) is 40.0 Å². The zero-order valence-corrected chi connectivity index (χ0v) is 15.5. The number of nitrogens with one attached hydrogen (secondary N) is 3. The molecule has 2 saturated heterocycles. The highest BCUT2D eigenvalue weighted by molar-refractivity contribution is 8.00. The summed E-state index contributed by atoms with van der Waals surface area (Å²) in [7, 11) is 0. The van der Waals surface area contributed by atoms with Crippen LogP contribution in [0.3, 0.4) is 0 Å². The van der Waals surface area contributed by atoms with Gasteiger partial charge in [0.2, 0.25) is 11.0 Å². The Bertz CT molecular complexity index is 606.